The number of aliphatic carboxylic acids is 1. The van der Waals surface area contributed by atoms with E-state index in [0.717, 1.165) is 26.1 Å². The molecule has 0 bridgehead atoms. The van der Waals surface area contributed by atoms with Gasteiger partial charge < -0.3 is 19.9 Å². The summed E-state index contributed by atoms with van der Waals surface area (Å²) in [5, 5.41) is 11.4. The molecule has 1 fully saturated rings. The maximum absolute atomic E-state index is 10.7. The number of hydrogen-bond donors (Lipinski definition) is 2. The number of carboxylic acid groups (broad SMARTS) is 1. The maximum Gasteiger partial charge on any atom is 0.323 e. The Morgan fingerprint density at radius 3 is 2.80 bits per heavy atom. The third-order valence-electron chi connectivity index (χ3n) is 2.63. The lowest BCUT2D eigenvalue weighted by Crippen LogP contribution is -2.38. The molecule has 1 heterocycles. The Bertz CT molecular complexity index is 192. The Morgan fingerprint density at radius 1 is 1.60 bits per heavy atom. The minimum Gasteiger partial charge on any atom is -0.480 e. The van der Waals surface area contributed by atoms with Crippen molar-refractivity contribution in [2.24, 2.45) is 5.92 Å². The molecule has 1 atom stereocenters. The molecule has 2 N–H and O–H groups in total. The summed E-state index contributed by atoms with van der Waals surface area (Å²) in [5.41, 5.74) is 0. The fraction of sp³-hybridized carbons (Fsp3) is 0.900. The molecule has 1 unspecified atom stereocenters. The molecular weight excluding hydrogens is 198 g/mol. The number of hydrogen-bond acceptors (Lipinski definition) is 4. The molecule has 0 radical (unpaired) electrons. The minimum absolute atomic E-state index is 0.225. The smallest absolute Gasteiger partial charge is 0.323 e. The zero-order valence-electron chi connectivity index (χ0n) is 9.07. The van der Waals surface area contributed by atoms with Gasteiger partial charge in [0, 0.05) is 19.8 Å². The molecule has 0 aliphatic carbocycles. The van der Waals surface area contributed by atoms with E-state index < -0.39 is 12.0 Å². The molecule has 15 heavy (non-hydrogen) atoms. The van der Waals surface area contributed by atoms with Gasteiger partial charge in [0.05, 0.1) is 6.61 Å². The number of carbonyl (C=O) groups is 1. The van der Waals surface area contributed by atoms with Crippen LogP contribution in [0.5, 0.6) is 0 Å². The van der Waals surface area contributed by atoms with Crippen molar-refractivity contribution >= 4 is 5.97 Å². The standard InChI is InChI=1S/C10H19NO4/c1-11-9(10(12)13)7-15-6-8-2-4-14-5-3-8/h8-9,11H,2-7H2,1H3,(H,12,13). The lowest BCUT2D eigenvalue weighted by molar-refractivity contribution is -0.141. The molecule has 0 amide bonds. The molecule has 0 aromatic heterocycles. The van der Waals surface area contributed by atoms with Crippen LogP contribution in [0, 0.1) is 5.92 Å². The summed E-state index contributed by atoms with van der Waals surface area (Å²) in [6.45, 7) is 2.45. The quantitative estimate of drug-likeness (QED) is 0.660. The van der Waals surface area contributed by atoms with Gasteiger partial charge in [-0.1, -0.05) is 0 Å². The van der Waals surface area contributed by atoms with E-state index in [-0.39, 0.29) is 6.61 Å². The molecular formula is C10H19NO4. The average Bonchev–Trinajstić information content (AvgIpc) is 2.25. The van der Waals surface area contributed by atoms with Crippen molar-refractivity contribution in [3.8, 4) is 0 Å². The van der Waals surface area contributed by atoms with Gasteiger partial charge in [0.15, 0.2) is 0 Å². The van der Waals surface area contributed by atoms with Crippen LogP contribution in [0.2, 0.25) is 0 Å². The first-order chi connectivity index (χ1) is 7.24. The van der Waals surface area contributed by atoms with Crippen LogP contribution in [0.1, 0.15) is 12.8 Å². The highest BCUT2D eigenvalue weighted by Crippen LogP contribution is 2.14. The van der Waals surface area contributed by atoms with Gasteiger partial charge in [0.1, 0.15) is 6.04 Å². The molecule has 1 aliphatic heterocycles. The third kappa shape index (κ3) is 4.59. The summed E-state index contributed by atoms with van der Waals surface area (Å²) in [7, 11) is 1.62. The van der Waals surface area contributed by atoms with Gasteiger partial charge in [-0.15, -0.1) is 0 Å². The zero-order valence-corrected chi connectivity index (χ0v) is 9.07. The first kappa shape index (κ1) is 12.4. The van der Waals surface area contributed by atoms with Crippen molar-refractivity contribution in [2.45, 2.75) is 18.9 Å². The summed E-state index contributed by atoms with van der Waals surface area (Å²) in [4.78, 5) is 10.7. The van der Waals surface area contributed by atoms with E-state index in [1.807, 2.05) is 0 Å². The van der Waals surface area contributed by atoms with E-state index in [1.54, 1.807) is 7.05 Å². The number of ether oxygens (including phenoxy) is 2. The SMILES string of the molecule is CNC(COCC1CCOCC1)C(=O)O. The molecule has 0 aromatic carbocycles. The molecule has 0 saturated carbocycles. The Hall–Kier alpha value is -0.650. The second-order valence-corrected chi connectivity index (χ2v) is 3.77. The lowest BCUT2D eigenvalue weighted by Gasteiger charge is -2.22. The van der Waals surface area contributed by atoms with E-state index in [2.05, 4.69) is 5.32 Å². The van der Waals surface area contributed by atoms with E-state index >= 15 is 0 Å². The maximum atomic E-state index is 10.7. The van der Waals surface area contributed by atoms with Crippen LogP contribution in [0.3, 0.4) is 0 Å². The van der Waals surface area contributed by atoms with Gasteiger partial charge in [0.2, 0.25) is 0 Å². The van der Waals surface area contributed by atoms with Gasteiger partial charge in [-0.05, 0) is 25.8 Å². The molecule has 5 nitrogen and oxygen atoms in total. The summed E-state index contributed by atoms with van der Waals surface area (Å²) in [6.07, 6.45) is 2.02. The van der Waals surface area contributed by atoms with Gasteiger partial charge >= 0.3 is 5.97 Å². The first-order valence-corrected chi connectivity index (χ1v) is 5.29. The van der Waals surface area contributed by atoms with Gasteiger partial charge in [-0.25, -0.2) is 0 Å². The summed E-state index contributed by atoms with van der Waals surface area (Å²) in [6, 6.07) is -0.607. The second-order valence-electron chi connectivity index (χ2n) is 3.77. The average molecular weight is 217 g/mol. The monoisotopic (exact) mass is 217 g/mol. The highest BCUT2D eigenvalue weighted by molar-refractivity contribution is 5.73. The summed E-state index contributed by atoms with van der Waals surface area (Å²) in [5.74, 6) is -0.352. The Kier molecular flexibility index (Phi) is 5.60. The topological polar surface area (TPSA) is 67.8 Å². The van der Waals surface area contributed by atoms with Crippen LogP contribution >= 0.6 is 0 Å². The summed E-state index contributed by atoms with van der Waals surface area (Å²) < 4.78 is 10.6. The zero-order chi connectivity index (χ0) is 11.1. The van der Waals surface area contributed by atoms with Crippen molar-refractivity contribution in [1.82, 2.24) is 5.32 Å². The second kappa shape index (κ2) is 6.76. The highest BCUT2D eigenvalue weighted by atomic mass is 16.5. The molecule has 1 rings (SSSR count). The van der Waals surface area contributed by atoms with Crippen molar-refractivity contribution in [2.75, 3.05) is 33.5 Å². The van der Waals surface area contributed by atoms with E-state index in [9.17, 15) is 4.79 Å². The Balaban J connectivity index is 2.11. The number of carboxylic acids is 1. The molecule has 88 valence electrons. The van der Waals surface area contributed by atoms with Crippen LogP contribution in [0.4, 0.5) is 0 Å². The van der Waals surface area contributed by atoms with E-state index in [1.165, 1.54) is 0 Å². The van der Waals surface area contributed by atoms with Gasteiger partial charge in [-0.3, -0.25) is 4.79 Å². The van der Waals surface area contributed by atoms with Crippen molar-refractivity contribution < 1.29 is 19.4 Å². The van der Waals surface area contributed by atoms with Gasteiger partial charge in [-0.2, -0.15) is 0 Å². The fourth-order valence-corrected chi connectivity index (χ4v) is 1.54. The predicted octanol–water partition coefficient (Wildman–Crippen LogP) is 0.102. The number of nitrogens with one attached hydrogen (secondary N) is 1. The summed E-state index contributed by atoms with van der Waals surface area (Å²) >= 11 is 0. The van der Waals surface area contributed by atoms with Crippen LogP contribution < -0.4 is 5.32 Å². The Labute approximate surface area is 89.8 Å². The minimum atomic E-state index is -0.871. The van der Waals surface area contributed by atoms with Crippen LogP contribution in [0.25, 0.3) is 0 Å². The van der Waals surface area contributed by atoms with Crippen molar-refractivity contribution in [3.05, 3.63) is 0 Å². The molecule has 5 heteroatoms. The number of likely N-dealkylation sites (N-methyl/N-ethyl adjacent to an activating group) is 1. The van der Waals surface area contributed by atoms with Crippen LogP contribution in [0.15, 0.2) is 0 Å². The van der Waals surface area contributed by atoms with E-state index in [0.29, 0.717) is 12.5 Å². The fourth-order valence-electron chi connectivity index (χ4n) is 1.54. The van der Waals surface area contributed by atoms with Crippen LogP contribution in [-0.4, -0.2) is 50.6 Å². The highest BCUT2D eigenvalue weighted by Gasteiger charge is 2.17. The van der Waals surface area contributed by atoms with Crippen molar-refractivity contribution in [3.63, 3.8) is 0 Å². The lowest BCUT2D eigenvalue weighted by atomic mass is 10.0. The molecule has 0 spiro atoms. The van der Waals surface area contributed by atoms with Crippen LogP contribution in [-0.2, 0) is 14.3 Å². The molecule has 1 saturated heterocycles. The number of rotatable bonds is 6. The normalized spacial score (nSPS) is 20.1. The Morgan fingerprint density at radius 2 is 2.27 bits per heavy atom. The van der Waals surface area contributed by atoms with Crippen molar-refractivity contribution in [1.29, 1.82) is 0 Å². The van der Waals surface area contributed by atoms with E-state index in [4.69, 9.17) is 14.6 Å². The first-order valence-electron chi connectivity index (χ1n) is 5.29. The largest absolute Gasteiger partial charge is 0.480 e. The predicted molar refractivity (Wildman–Crippen MR) is 54.8 cm³/mol. The third-order valence-corrected chi connectivity index (χ3v) is 2.63. The molecule has 0 aromatic rings. The van der Waals surface area contributed by atoms with Gasteiger partial charge in [0.25, 0.3) is 0 Å². The molecule has 1 aliphatic rings.